The van der Waals surface area contributed by atoms with Crippen molar-refractivity contribution in [1.82, 2.24) is 24.7 Å². The van der Waals surface area contributed by atoms with Crippen LogP contribution in [-0.4, -0.2) is 62.9 Å². The van der Waals surface area contributed by atoms with E-state index in [9.17, 15) is 4.79 Å². The zero-order chi connectivity index (χ0) is 20.2. The van der Waals surface area contributed by atoms with Gasteiger partial charge in [0.05, 0.1) is 11.8 Å². The van der Waals surface area contributed by atoms with E-state index in [2.05, 4.69) is 22.1 Å². The monoisotopic (exact) mass is 399 g/mol. The van der Waals surface area contributed by atoms with Gasteiger partial charge in [0.2, 0.25) is 0 Å². The summed E-state index contributed by atoms with van der Waals surface area (Å²) in [7, 11) is 0. The average Bonchev–Trinajstić information content (AvgIpc) is 3.28. The highest BCUT2D eigenvalue weighted by molar-refractivity contribution is 5.93. The number of carbonyl (C=O) groups excluding carboxylic acids is 1. The second-order valence-corrected chi connectivity index (χ2v) is 8.40. The standard InChI is InChI=1S/C22H33N5O2/c1-3-27-17(2)19(15-23-27)21-14-20(24-29-21)22(28)26-13-9-6-10-18(26)16-25-11-7-4-5-8-12-25/h14-15,18H,3-13,16H2,1-2H3/t18-/m1/s1. The summed E-state index contributed by atoms with van der Waals surface area (Å²) in [5.74, 6) is 0.617. The SMILES string of the molecule is CCn1ncc(-c2cc(C(=O)N3CCCC[C@@H]3CN3CCCCCC3)no2)c1C. The average molecular weight is 400 g/mol. The number of rotatable bonds is 5. The van der Waals surface area contributed by atoms with Gasteiger partial charge in [-0.1, -0.05) is 18.0 Å². The van der Waals surface area contributed by atoms with E-state index in [1.54, 1.807) is 12.3 Å². The van der Waals surface area contributed by atoms with Crippen molar-refractivity contribution in [3.8, 4) is 11.3 Å². The fraction of sp³-hybridized carbons (Fsp3) is 0.682. The lowest BCUT2D eigenvalue weighted by Gasteiger charge is -2.38. The summed E-state index contributed by atoms with van der Waals surface area (Å²) >= 11 is 0. The minimum Gasteiger partial charge on any atom is -0.355 e. The Kier molecular flexibility index (Phi) is 6.33. The van der Waals surface area contributed by atoms with Crippen molar-refractivity contribution in [2.24, 2.45) is 0 Å². The number of aryl methyl sites for hydroxylation is 1. The quantitative estimate of drug-likeness (QED) is 0.766. The lowest BCUT2D eigenvalue weighted by atomic mass is 10.0. The van der Waals surface area contributed by atoms with Gasteiger partial charge in [0.1, 0.15) is 0 Å². The lowest BCUT2D eigenvalue weighted by Crippen LogP contribution is -2.49. The highest BCUT2D eigenvalue weighted by atomic mass is 16.5. The number of amides is 1. The molecule has 0 radical (unpaired) electrons. The summed E-state index contributed by atoms with van der Waals surface area (Å²) in [6.45, 7) is 8.99. The summed E-state index contributed by atoms with van der Waals surface area (Å²) in [6, 6.07) is 2.06. The van der Waals surface area contributed by atoms with Gasteiger partial charge in [0.15, 0.2) is 11.5 Å². The predicted octanol–water partition coefficient (Wildman–Crippen LogP) is 3.74. The molecule has 29 heavy (non-hydrogen) atoms. The minimum absolute atomic E-state index is 0.0000540. The van der Waals surface area contributed by atoms with Crippen molar-refractivity contribution in [3.63, 3.8) is 0 Å². The van der Waals surface area contributed by atoms with Crippen LogP contribution in [0.4, 0.5) is 0 Å². The highest BCUT2D eigenvalue weighted by Crippen LogP contribution is 2.26. The molecular formula is C22H33N5O2. The van der Waals surface area contributed by atoms with Crippen LogP contribution in [0.2, 0.25) is 0 Å². The number of aromatic nitrogens is 3. The van der Waals surface area contributed by atoms with Gasteiger partial charge in [-0.25, -0.2) is 0 Å². The molecule has 158 valence electrons. The van der Waals surface area contributed by atoms with E-state index >= 15 is 0 Å². The molecule has 0 spiro atoms. The van der Waals surface area contributed by atoms with E-state index in [1.165, 1.54) is 32.1 Å². The Hall–Kier alpha value is -2.15. The van der Waals surface area contributed by atoms with Crippen LogP contribution in [0.15, 0.2) is 16.8 Å². The van der Waals surface area contributed by atoms with E-state index in [-0.39, 0.29) is 11.9 Å². The molecule has 4 rings (SSSR count). The van der Waals surface area contributed by atoms with Crippen LogP contribution in [0.25, 0.3) is 11.3 Å². The second-order valence-electron chi connectivity index (χ2n) is 8.40. The van der Waals surface area contributed by atoms with E-state index in [4.69, 9.17) is 4.52 Å². The molecule has 1 atom stereocenters. The number of piperidine rings is 1. The van der Waals surface area contributed by atoms with Crippen molar-refractivity contribution in [2.75, 3.05) is 26.2 Å². The number of nitrogens with zero attached hydrogens (tertiary/aromatic N) is 5. The van der Waals surface area contributed by atoms with E-state index in [1.807, 2.05) is 16.5 Å². The Bertz CT molecular complexity index is 819. The summed E-state index contributed by atoms with van der Waals surface area (Å²) in [5, 5.41) is 8.49. The molecule has 7 heteroatoms. The molecule has 7 nitrogen and oxygen atoms in total. The maximum absolute atomic E-state index is 13.3. The van der Waals surface area contributed by atoms with Crippen LogP contribution in [0.3, 0.4) is 0 Å². The Morgan fingerprint density at radius 2 is 1.90 bits per heavy atom. The van der Waals surface area contributed by atoms with Gasteiger partial charge in [0.25, 0.3) is 5.91 Å². The Labute approximate surface area is 173 Å². The molecule has 4 heterocycles. The maximum Gasteiger partial charge on any atom is 0.276 e. The zero-order valence-electron chi connectivity index (χ0n) is 17.8. The molecule has 2 fully saturated rings. The first-order valence-corrected chi connectivity index (χ1v) is 11.2. The number of hydrogen-bond donors (Lipinski definition) is 0. The summed E-state index contributed by atoms with van der Waals surface area (Å²) in [4.78, 5) is 17.9. The molecule has 2 aliphatic rings. The molecule has 0 aromatic carbocycles. The fourth-order valence-electron chi connectivity index (χ4n) is 4.73. The zero-order valence-corrected chi connectivity index (χ0v) is 17.8. The van der Waals surface area contributed by atoms with E-state index < -0.39 is 0 Å². The van der Waals surface area contributed by atoms with E-state index in [0.717, 1.165) is 56.8 Å². The Balaban J connectivity index is 1.48. The second kappa shape index (κ2) is 9.11. The molecule has 1 amide bonds. The van der Waals surface area contributed by atoms with Crippen molar-refractivity contribution >= 4 is 5.91 Å². The van der Waals surface area contributed by atoms with Gasteiger partial charge in [-0.05, 0) is 59.0 Å². The third-order valence-electron chi connectivity index (χ3n) is 6.45. The first-order chi connectivity index (χ1) is 14.2. The van der Waals surface area contributed by atoms with Crippen molar-refractivity contribution < 1.29 is 9.32 Å². The van der Waals surface area contributed by atoms with Crippen molar-refractivity contribution in [1.29, 1.82) is 0 Å². The number of hydrogen-bond acceptors (Lipinski definition) is 5. The summed E-state index contributed by atoms with van der Waals surface area (Å²) in [6.07, 6.45) is 10.3. The van der Waals surface area contributed by atoms with Gasteiger partial charge >= 0.3 is 0 Å². The normalized spacial score (nSPS) is 21.3. The number of likely N-dealkylation sites (tertiary alicyclic amines) is 2. The predicted molar refractivity (Wildman–Crippen MR) is 112 cm³/mol. The van der Waals surface area contributed by atoms with Crippen LogP contribution < -0.4 is 0 Å². The van der Waals surface area contributed by atoms with Crippen LogP contribution in [0, 0.1) is 6.92 Å². The molecule has 0 aliphatic carbocycles. The fourth-order valence-corrected chi connectivity index (χ4v) is 4.73. The minimum atomic E-state index is 0.0000540. The molecule has 2 saturated heterocycles. The van der Waals surface area contributed by atoms with Crippen LogP contribution in [0.5, 0.6) is 0 Å². The third-order valence-corrected chi connectivity index (χ3v) is 6.45. The molecular weight excluding hydrogens is 366 g/mol. The smallest absolute Gasteiger partial charge is 0.276 e. The molecule has 2 aliphatic heterocycles. The van der Waals surface area contributed by atoms with Gasteiger partial charge in [-0.2, -0.15) is 5.10 Å². The molecule has 0 unspecified atom stereocenters. The third kappa shape index (κ3) is 4.39. The highest BCUT2D eigenvalue weighted by Gasteiger charge is 2.31. The lowest BCUT2D eigenvalue weighted by molar-refractivity contribution is 0.0537. The number of carbonyl (C=O) groups is 1. The Morgan fingerprint density at radius 3 is 2.62 bits per heavy atom. The molecule has 0 saturated carbocycles. The van der Waals surface area contributed by atoms with Gasteiger partial charge in [-0.15, -0.1) is 0 Å². The molecule has 2 aromatic rings. The van der Waals surface area contributed by atoms with Crippen molar-refractivity contribution in [3.05, 3.63) is 23.7 Å². The Morgan fingerprint density at radius 1 is 1.14 bits per heavy atom. The summed E-state index contributed by atoms with van der Waals surface area (Å²) in [5.41, 5.74) is 2.34. The van der Waals surface area contributed by atoms with Crippen molar-refractivity contribution in [2.45, 2.75) is 71.4 Å². The van der Waals surface area contributed by atoms with Crippen LogP contribution in [0.1, 0.15) is 68.1 Å². The topological polar surface area (TPSA) is 67.4 Å². The largest absolute Gasteiger partial charge is 0.355 e. The van der Waals surface area contributed by atoms with Gasteiger partial charge in [0, 0.05) is 37.4 Å². The molecule has 0 bridgehead atoms. The maximum atomic E-state index is 13.3. The first-order valence-electron chi connectivity index (χ1n) is 11.2. The molecule has 0 N–H and O–H groups in total. The molecule has 2 aromatic heterocycles. The first kappa shape index (κ1) is 20.1. The van der Waals surface area contributed by atoms with Crippen LogP contribution in [-0.2, 0) is 6.54 Å². The van der Waals surface area contributed by atoms with Gasteiger partial charge < -0.3 is 14.3 Å². The van der Waals surface area contributed by atoms with Gasteiger partial charge in [-0.3, -0.25) is 9.48 Å². The van der Waals surface area contributed by atoms with E-state index in [0.29, 0.717) is 11.5 Å². The summed E-state index contributed by atoms with van der Waals surface area (Å²) < 4.78 is 7.46. The van der Waals surface area contributed by atoms with Crippen LogP contribution >= 0.6 is 0 Å².